The van der Waals surface area contributed by atoms with Gasteiger partial charge >= 0.3 is 5.97 Å². The lowest BCUT2D eigenvalue weighted by Gasteiger charge is -2.14. The molecule has 0 saturated carbocycles. The van der Waals surface area contributed by atoms with Crippen molar-refractivity contribution in [3.05, 3.63) is 93.9 Å². The third kappa shape index (κ3) is 6.03. The summed E-state index contributed by atoms with van der Waals surface area (Å²) in [6.07, 6.45) is 1.59. The van der Waals surface area contributed by atoms with E-state index in [1.165, 1.54) is 13.2 Å². The number of rotatable bonds is 8. The predicted octanol–water partition coefficient (Wildman–Crippen LogP) is 5.68. The molecule has 0 unspecified atom stereocenters. The van der Waals surface area contributed by atoms with E-state index in [4.69, 9.17) is 25.8 Å². The number of esters is 1. The molecule has 0 aliphatic carbocycles. The Bertz CT molecular complexity index is 1310. The van der Waals surface area contributed by atoms with Gasteiger partial charge in [0.2, 0.25) is 0 Å². The maximum atomic E-state index is 12.8. The standard InChI is InChI=1S/C26H20ClNO6S/c1-32-21-10-2-3-11-22(21)33-13-12-28-24(29)23(35-26(28)31)15-17-6-4-9-20(14-17)34-25(30)18-7-5-8-19(27)16-18/h2-11,14-16H,12-13H2,1H3/b23-15-. The van der Waals surface area contributed by atoms with Gasteiger partial charge in [0.15, 0.2) is 11.5 Å². The van der Waals surface area contributed by atoms with Crippen LogP contribution in [0.3, 0.4) is 0 Å². The number of halogens is 1. The summed E-state index contributed by atoms with van der Waals surface area (Å²) >= 11 is 6.78. The number of hydrogen-bond acceptors (Lipinski definition) is 7. The average molecular weight is 510 g/mol. The number of para-hydroxylation sites is 2. The quantitative estimate of drug-likeness (QED) is 0.219. The molecule has 0 N–H and O–H groups in total. The summed E-state index contributed by atoms with van der Waals surface area (Å²) in [5, 5.41) is 0.0469. The largest absolute Gasteiger partial charge is 0.493 e. The molecule has 0 radical (unpaired) electrons. The van der Waals surface area contributed by atoms with E-state index in [0.717, 1.165) is 16.7 Å². The fraction of sp³-hybridized carbons (Fsp3) is 0.115. The van der Waals surface area contributed by atoms with Gasteiger partial charge in [0.1, 0.15) is 12.4 Å². The number of benzene rings is 3. The monoisotopic (exact) mass is 509 g/mol. The van der Waals surface area contributed by atoms with Crippen molar-refractivity contribution in [2.45, 2.75) is 0 Å². The minimum Gasteiger partial charge on any atom is -0.493 e. The molecule has 1 saturated heterocycles. The number of carbonyl (C=O) groups excluding carboxylic acids is 3. The number of thioether (sulfide) groups is 1. The van der Waals surface area contributed by atoms with Gasteiger partial charge in [-0.15, -0.1) is 0 Å². The summed E-state index contributed by atoms with van der Waals surface area (Å²) in [5.74, 6) is 0.428. The van der Waals surface area contributed by atoms with Gasteiger partial charge in [-0.3, -0.25) is 14.5 Å². The highest BCUT2D eigenvalue weighted by atomic mass is 35.5. The molecule has 0 spiro atoms. The molecule has 1 aliphatic heterocycles. The Kier molecular flexibility index (Phi) is 7.74. The number of methoxy groups -OCH3 is 1. The lowest BCUT2D eigenvalue weighted by Crippen LogP contribution is -2.32. The fourth-order valence-corrected chi connectivity index (χ4v) is 4.33. The number of ether oxygens (including phenoxy) is 3. The molecule has 2 amide bonds. The van der Waals surface area contributed by atoms with Crippen LogP contribution in [-0.4, -0.2) is 42.3 Å². The number of amides is 2. The third-order valence-corrected chi connectivity index (χ3v) is 6.08. The van der Waals surface area contributed by atoms with Gasteiger partial charge in [0.25, 0.3) is 11.1 Å². The summed E-state index contributed by atoms with van der Waals surface area (Å²) in [5.41, 5.74) is 0.927. The molecule has 9 heteroatoms. The maximum Gasteiger partial charge on any atom is 0.343 e. The minimum absolute atomic E-state index is 0.0946. The summed E-state index contributed by atoms with van der Waals surface area (Å²) in [4.78, 5) is 39.0. The molecule has 0 atom stereocenters. The Balaban J connectivity index is 1.40. The molecule has 178 valence electrons. The van der Waals surface area contributed by atoms with Gasteiger partial charge in [-0.1, -0.05) is 41.9 Å². The van der Waals surface area contributed by atoms with Crippen LogP contribution < -0.4 is 14.2 Å². The van der Waals surface area contributed by atoms with Crippen molar-refractivity contribution in [1.82, 2.24) is 4.90 Å². The van der Waals surface area contributed by atoms with Crippen molar-refractivity contribution in [2.75, 3.05) is 20.3 Å². The highest BCUT2D eigenvalue weighted by Gasteiger charge is 2.34. The van der Waals surface area contributed by atoms with Crippen LogP contribution in [0.1, 0.15) is 15.9 Å². The molecular weight excluding hydrogens is 490 g/mol. The van der Waals surface area contributed by atoms with E-state index in [0.29, 0.717) is 33.4 Å². The summed E-state index contributed by atoms with van der Waals surface area (Å²) < 4.78 is 16.3. The number of carbonyl (C=O) groups is 3. The first-order valence-corrected chi connectivity index (χ1v) is 11.7. The summed E-state index contributed by atoms with van der Waals surface area (Å²) in [7, 11) is 1.54. The molecule has 35 heavy (non-hydrogen) atoms. The number of hydrogen-bond donors (Lipinski definition) is 0. The van der Waals surface area contributed by atoms with Crippen molar-refractivity contribution >= 4 is 46.6 Å². The highest BCUT2D eigenvalue weighted by molar-refractivity contribution is 8.18. The van der Waals surface area contributed by atoms with E-state index >= 15 is 0 Å². The first-order valence-electron chi connectivity index (χ1n) is 10.5. The minimum atomic E-state index is -0.556. The SMILES string of the molecule is COc1ccccc1OCCN1C(=O)S/C(=C\c2cccc(OC(=O)c3cccc(Cl)c3)c2)C1=O. The lowest BCUT2D eigenvalue weighted by atomic mass is 10.2. The fourth-order valence-electron chi connectivity index (χ4n) is 3.28. The Morgan fingerprint density at radius 3 is 2.54 bits per heavy atom. The Morgan fingerprint density at radius 1 is 1.00 bits per heavy atom. The first-order chi connectivity index (χ1) is 16.9. The third-order valence-electron chi connectivity index (χ3n) is 4.94. The van der Waals surface area contributed by atoms with E-state index in [2.05, 4.69) is 0 Å². The zero-order valence-corrected chi connectivity index (χ0v) is 20.2. The summed E-state index contributed by atoms with van der Waals surface area (Å²) in [6, 6.07) is 20.3. The van der Waals surface area contributed by atoms with E-state index in [9.17, 15) is 14.4 Å². The lowest BCUT2D eigenvalue weighted by molar-refractivity contribution is -0.123. The smallest absolute Gasteiger partial charge is 0.343 e. The van der Waals surface area contributed by atoms with Gasteiger partial charge in [0, 0.05) is 5.02 Å². The predicted molar refractivity (Wildman–Crippen MR) is 134 cm³/mol. The normalized spacial score (nSPS) is 14.3. The second-order valence-electron chi connectivity index (χ2n) is 7.31. The zero-order valence-electron chi connectivity index (χ0n) is 18.6. The molecule has 3 aromatic carbocycles. The van der Waals surface area contributed by atoms with Crippen LogP contribution in [0, 0.1) is 0 Å². The molecule has 1 heterocycles. The molecule has 3 aromatic rings. The van der Waals surface area contributed by atoms with Crippen LogP contribution in [0.4, 0.5) is 4.79 Å². The maximum absolute atomic E-state index is 12.8. The van der Waals surface area contributed by atoms with Gasteiger partial charge in [0.05, 0.1) is 24.1 Å². The van der Waals surface area contributed by atoms with Gasteiger partial charge in [-0.2, -0.15) is 0 Å². The molecular formula is C26H20ClNO6S. The van der Waals surface area contributed by atoms with Gasteiger partial charge in [-0.05, 0) is 65.9 Å². The number of imide groups is 1. The van der Waals surface area contributed by atoms with Crippen LogP contribution in [-0.2, 0) is 4.79 Å². The topological polar surface area (TPSA) is 82.1 Å². The molecule has 7 nitrogen and oxygen atoms in total. The van der Waals surface area contributed by atoms with Crippen LogP contribution in [0.25, 0.3) is 6.08 Å². The van der Waals surface area contributed by atoms with Crippen molar-refractivity contribution in [1.29, 1.82) is 0 Å². The zero-order chi connectivity index (χ0) is 24.8. The van der Waals surface area contributed by atoms with Gasteiger partial charge in [-0.25, -0.2) is 4.79 Å². The average Bonchev–Trinajstić information content (AvgIpc) is 3.11. The van der Waals surface area contributed by atoms with Crippen molar-refractivity contribution in [2.24, 2.45) is 0 Å². The Morgan fingerprint density at radius 2 is 1.77 bits per heavy atom. The van der Waals surface area contributed by atoms with E-state index in [-0.39, 0.29) is 23.3 Å². The van der Waals surface area contributed by atoms with Crippen LogP contribution in [0.5, 0.6) is 17.2 Å². The Labute approximate surface area is 211 Å². The first kappa shape index (κ1) is 24.4. The molecule has 4 rings (SSSR count). The van der Waals surface area contributed by atoms with Gasteiger partial charge < -0.3 is 14.2 Å². The number of nitrogens with zero attached hydrogens (tertiary/aromatic N) is 1. The highest BCUT2D eigenvalue weighted by Crippen LogP contribution is 2.33. The van der Waals surface area contributed by atoms with Crippen LogP contribution in [0.15, 0.2) is 77.7 Å². The van der Waals surface area contributed by atoms with E-state index in [1.807, 2.05) is 6.07 Å². The van der Waals surface area contributed by atoms with Crippen LogP contribution in [0.2, 0.25) is 5.02 Å². The van der Waals surface area contributed by atoms with Crippen LogP contribution >= 0.6 is 23.4 Å². The van der Waals surface area contributed by atoms with Crippen molar-refractivity contribution in [3.63, 3.8) is 0 Å². The molecule has 1 aliphatic rings. The van der Waals surface area contributed by atoms with E-state index < -0.39 is 11.9 Å². The molecule has 1 fully saturated rings. The molecule has 0 aromatic heterocycles. The second kappa shape index (κ2) is 11.1. The molecule has 0 bridgehead atoms. The van der Waals surface area contributed by atoms with Crippen molar-refractivity contribution in [3.8, 4) is 17.2 Å². The Hall–Kier alpha value is -3.75. The van der Waals surface area contributed by atoms with E-state index in [1.54, 1.807) is 66.7 Å². The summed E-state index contributed by atoms with van der Waals surface area (Å²) in [6.45, 7) is 0.220. The second-order valence-corrected chi connectivity index (χ2v) is 8.73. The van der Waals surface area contributed by atoms with Crippen molar-refractivity contribution < 1.29 is 28.6 Å².